The first-order valence-corrected chi connectivity index (χ1v) is 8.88. The predicted molar refractivity (Wildman–Crippen MR) is 95.7 cm³/mol. The Labute approximate surface area is 155 Å². The molecule has 1 aromatic carbocycles. The molecule has 132 valence electrons. The van der Waals surface area contributed by atoms with Crippen LogP contribution in [0.15, 0.2) is 41.0 Å². The van der Waals surface area contributed by atoms with E-state index in [9.17, 15) is 9.59 Å². The Kier molecular flexibility index (Phi) is 5.66. The van der Waals surface area contributed by atoms with Crippen LogP contribution in [0, 0.1) is 0 Å². The van der Waals surface area contributed by atoms with Crippen molar-refractivity contribution >= 4 is 35.0 Å². The van der Waals surface area contributed by atoms with Crippen molar-refractivity contribution in [3.05, 3.63) is 58.0 Å². The lowest BCUT2D eigenvalue weighted by molar-refractivity contribution is -0.126. The number of carbonyl (C=O) groups excluding carboxylic acids is 2. The predicted octanol–water partition coefficient (Wildman–Crippen LogP) is 3.90. The van der Waals surface area contributed by atoms with Crippen molar-refractivity contribution < 1.29 is 14.0 Å². The van der Waals surface area contributed by atoms with Gasteiger partial charge >= 0.3 is 0 Å². The molecule has 1 atom stereocenters. The van der Waals surface area contributed by atoms with Crippen molar-refractivity contribution in [3.8, 4) is 0 Å². The first-order valence-electron chi connectivity index (χ1n) is 8.12. The van der Waals surface area contributed by atoms with Crippen LogP contribution in [0.3, 0.4) is 0 Å². The number of hydrogen-bond donors (Lipinski definition) is 1. The third kappa shape index (κ3) is 4.17. The lowest BCUT2D eigenvalue weighted by Crippen LogP contribution is -2.51. The Morgan fingerprint density at radius 2 is 2.08 bits per heavy atom. The standard InChI is InChI=1S/C18H18Cl2N2O3/c19-13-7-6-12(14(20)10-13)11-21-17(23)15-4-1-2-8-22(15)18(24)16-5-3-9-25-16/h3,5-7,9-10,15H,1-2,4,8,11H2,(H,21,23). The Morgan fingerprint density at radius 3 is 2.80 bits per heavy atom. The van der Waals surface area contributed by atoms with Crippen LogP contribution in [-0.4, -0.2) is 29.3 Å². The van der Waals surface area contributed by atoms with Crippen molar-refractivity contribution in [1.82, 2.24) is 10.2 Å². The van der Waals surface area contributed by atoms with Gasteiger partial charge in [0, 0.05) is 23.1 Å². The molecule has 1 aliphatic heterocycles. The number of piperidine rings is 1. The zero-order valence-electron chi connectivity index (χ0n) is 13.5. The summed E-state index contributed by atoms with van der Waals surface area (Å²) in [5, 5.41) is 3.91. The number of carbonyl (C=O) groups is 2. The topological polar surface area (TPSA) is 62.6 Å². The molecule has 0 spiro atoms. The monoisotopic (exact) mass is 380 g/mol. The van der Waals surface area contributed by atoms with Crippen LogP contribution in [0.25, 0.3) is 0 Å². The highest BCUT2D eigenvalue weighted by molar-refractivity contribution is 6.35. The van der Waals surface area contributed by atoms with E-state index in [2.05, 4.69) is 5.32 Å². The smallest absolute Gasteiger partial charge is 0.290 e. The minimum absolute atomic E-state index is 0.189. The van der Waals surface area contributed by atoms with Gasteiger partial charge in [-0.2, -0.15) is 0 Å². The molecule has 3 rings (SSSR count). The number of likely N-dealkylation sites (tertiary alicyclic amines) is 1. The molecule has 1 N–H and O–H groups in total. The van der Waals surface area contributed by atoms with Crippen LogP contribution in [-0.2, 0) is 11.3 Å². The second-order valence-corrected chi connectivity index (χ2v) is 6.78. The molecule has 2 heterocycles. The first kappa shape index (κ1) is 17.8. The van der Waals surface area contributed by atoms with Crippen molar-refractivity contribution in [2.24, 2.45) is 0 Å². The molecule has 1 aliphatic rings. The number of nitrogens with zero attached hydrogens (tertiary/aromatic N) is 1. The Hall–Kier alpha value is -1.98. The Morgan fingerprint density at radius 1 is 1.24 bits per heavy atom. The molecular weight excluding hydrogens is 363 g/mol. The summed E-state index contributed by atoms with van der Waals surface area (Å²) in [7, 11) is 0. The van der Waals surface area contributed by atoms with Gasteiger partial charge in [-0.05, 0) is 49.1 Å². The summed E-state index contributed by atoms with van der Waals surface area (Å²) < 4.78 is 5.18. The van der Waals surface area contributed by atoms with Crippen molar-refractivity contribution in [1.29, 1.82) is 0 Å². The van der Waals surface area contributed by atoms with E-state index in [0.717, 1.165) is 18.4 Å². The maximum Gasteiger partial charge on any atom is 0.290 e. The van der Waals surface area contributed by atoms with Crippen LogP contribution in [0.1, 0.15) is 35.4 Å². The summed E-state index contributed by atoms with van der Waals surface area (Å²) >= 11 is 12.0. The lowest BCUT2D eigenvalue weighted by atomic mass is 10.0. The number of amides is 2. The summed E-state index contributed by atoms with van der Waals surface area (Å²) in [6, 6.07) is 7.91. The number of benzene rings is 1. The van der Waals surface area contributed by atoms with Gasteiger partial charge in [0.05, 0.1) is 6.26 Å². The zero-order chi connectivity index (χ0) is 17.8. The van der Waals surface area contributed by atoms with Gasteiger partial charge in [-0.3, -0.25) is 9.59 Å². The first-order chi connectivity index (χ1) is 12.1. The maximum absolute atomic E-state index is 12.6. The van der Waals surface area contributed by atoms with Gasteiger partial charge < -0.3 is 14.6 Å². The van der Waals surface area contributed by atoms with Crippen LogP contribution < -0.4 is 5.32 Å². The quantitative estimate of drug-likeness (QED) is 0.874. The summed E-state index contributed by atoms with van der Waals surface area (Å²) in [6.07, 6.45) is 3.86. The molecule has 1 aromatic heterocycles. The molecule has 1 saturated heterocycles. The van der Waals surface area contributed by atoms with Gasteiger partial charge in [0.2, 0.25) is 5.91 Å². The summed E-state index contributed by atoms with van der Waals surface area (Å²) in [4.78, 5) is 26.8. The number of rotatable bonds is 4. The molecular formula is C18H18Cl2N2O3. The average molecular weight is 381 g/mol. The SMILES string of the molecule is O=C(NCc1ccc(Cl)cc1Cl)C1CCCCN1C(=O)c1ccco1. The zero-order valence-corrected chi connectivity index (χ0v) is 15.0. The fraction of sp³-hybridized carbons (Fsp3) is 0.333. The third-order valence-electron chi connectivity index (χ3n) is 4.27. The second kappa shape index (κ2) is 7.93. The van der Waals surface area contributed by atoms with Crippen LogP contribution in [0.2, 0.25) is 10.0 Å². The van der Waals surface area contributed by atoms with E-state index in [-0.39, 0.29) is 24.1 Å². The van der Waals surface area contributed by atoms with Gasteiger partial charge in [0.25, 0.3) is 5.91 Å². The molecule has 0 bridgehead atoms. The minimum atomic E-state index is -0.502. The summed E-state index contributed by atoms with van der Waals surface area (Å²) in [5.74, 6) is -0.194. The fourth-order valence-corrected chi connectivity index (χ4v) is 3.43. The number of nitrogens with one attached hydrogen (secondary N) is 1. The number of halogens is 2. The minimum Gasteiger partial charge on any atom is -0.459 e. The highest BCUT2D eigenvalue weighted by atomic mass is 35.5. The normalized spacial score (nSPS) is 17.4. The van der Waals surface area contributed by atoms with E-state index in [4.69, 9.17) is 27.6 Å². The Balaban J connectivity index is 1.67. The van der Waals surface area contributed by atoms with E-state index in [1.807, 2.05) is 0 Å². The van der Waals surface area contributed by atoms with Gasteiger partial charge in [-0.1, -0.05) is 29.3 Å². The second-order valence-electron chi connectivity index (χ2n) is 5.94. The van der Waals surface area contributed by atoms with Gasteiger partial charge in [-0.25, -0.2) is 0 Å². The van der Waals surface area contributed by atoms with E-state index in [0.29, 0.717) is 23.0 Å². The molecule has 1 fully saturated rings. The van der Waals surface area contributed by atoms with Crippen LogP contribution >= 0.6 is 23.2 Å². The van der Waals surface area contributed by atoms with E-state index >= 15 is 0 Å². The molecule has 0 saturated carbocycles. The molecule has 2 amide bonds. The number of hydrogen-bond acceptors (Lipinski definition) is 3. The molecule has 7 heteroatoms. The van der Waals surface area contributed by atoms with Gasteiger partial charge in [0.15, 0.2) is 5.76 Å². The number of furan rings is 1. The van der Waals surface area contributed by atoms with Crippen LogP contribution in [0.4, 0.5) is 0 Å². The van der Waals surface area contributed by atoms with Gasteiger partial charge in [0.1, 0.15) is 6.04 Å². The van der Waals surface area contributed by atoms with E-state index < -0.39 is 6.04 Å². The van der Waals surface area contributed by atoms with Gasteiger partial charge in [-0.15, -0.1) is 0 Å². The highest BCUT2D eigenvalue weighted by Gasteiger charge is 2.33. The lowest BCUT2D eigenvalue weighted by Gasteiger charge is -2.34. The fourth-order valence-electron chi connectivity index (χ4n) is 2.95. The summed E-state index contributed by atoms with van der Waals surface area (Å²) in [5.41, 5.74) is 0.777. The average Bonchev–Trinajstić information content (AvgIpc) is 3.15. The van der Waals surface area contributed by atoms with Crippen molar-refractivity contribution in [2.75, 3.05) is 6.54 Å². The third-order valence-corrected chi connectivity index (χ3v) is 4.85. The summed E-state index contributed by atoms with van der Waals surface area (Å²) in [6.45, 7) is 0.827. The molecule has 0 radical (unpaired) electrons. The van der Waals surface area contributed by atoms with Crippen LogP contribution in [0.5, 0.6) is 0 Å². The highest BCUT2D eigenvalue weighted by Crippen LogP contribution is 2.22. The largest absolute Gasteiger partial charge is 0.459 e. The Bertz CT molecular complexity index is 762. The molecule has 5 nitrogen and oxygen atoms in total. The molecule has 0 aliphatic carbocycles. The van der Waals surface area contributed by atoms with Crippen molar-refractivity contribution in [2.45, 2.75) is 31.8 Å². The maximum atomic E-state index is 12.6. The van der Waals surface area contributed by atoms with E-state index in [1.54, 1.807) is 35.2 Å². The molecule has 2 aromatic rings. The van der Waals surface area contributed by atoms with E-state index in [1.165, 1.54) is 6.26 Å². The molecule has 25 heavy (non-hydrogen) atoms. The van der Waals surface area contributed by atoms with Crippen molar-refractivity contribution in [3.63, 3.8) is 0 Å². The molecule has 1 unspecified atom stereocenters.